The van der Waals surface area contributed by atoms with Crippen molar-refractivity contribution >= 4 is 21.7 Å². The summed E-state index contributed by atoms with van der Waals surface area (Å²) in [5.41, 5.74) is 2.87. The van der Waals surface area contributed by atoms with E-state index in [1.165, 1.54) is 0 Å². The first-order valence-corrected chi connectivity index (χ1v) is 13.4. The lowest BCUT2D eigenvalue weighted by molar-refractivity contribution is 0.134. The van der Waals surface area contributed by atoms with E-state index in [2.05, 4.69) is 38.8 Å². The van der Waals surface area contributed by atoms with Crippen LogP contribution in [0.5, 0.6) is 5.75 Å². The number of hydrogen-bond acceptors (Lipinski definition) is 7. The van der Waals surface area contributed by atoms with Gasteiger partial charge >= 0.3 is 0 Å². The lowest BCUT2D eigenvalue weighted by atomic mass is 10.1. The summed E-state index contributed by atoms with van der Waals surface area (Å²) in [4.78, 5) is 9.34. The summed E-state index contributed by atoms with van der Waals surface area (Å²) in [5.74, 6) is 7.79. The smallest absolute Gasteiger partial charge is 0.155 e. The molecule has 5 aromatic rings. The van der Waals surface area contributed by atoms with E-state index >= 15 is 0 Å². The number of ether oxygens (including phenoxy) is 1. The fourth-order valence-corrected chi connectivity index (χ4v) is 4.85. The van der Waals surface area contributed by atoms with E-state index in [-0.39, 0.29) is 0 Å². The molecule has 2 aromatic heterocycles. The summed E-state index contributed by atoms with van der Waals surface area (Å²) < 4.78 is 12.2. The standard InChI is InChI=1S/C33H30N4O3/c1-36-13-15-37(16-14-36)17-18-39-28-8-4-5-24(19-28)9-10-25-11-12-29-30(35-38)22-33(40-32(29)20-25)31-21-26-6-2-3-7-27(26)23-34-31/h2-8,11-12,19-23,38H,13-18H2,1H3/b35-30+. The Hall–Kier alpha value is -4.64. The topological polar surface area (TPSA) is 74.3 Å². The third-order valence-electron chi connectivity index (χ3n) is 7.19. The van der Waals surface area contributed by atoms with Crippen molar-refractivity contribution in [1.82, 2.24) is 14.8 Å². The van der Waals surface area contributed by atoms with Gasteiger partial charge in [0.25, 0.3) is 0 Å². The number of pyridine rings is 1. The van der Waals surface area contributed by atoms with Crippen LogP contribution < -0.4 is 10.1 Å². The zero-order valence-electron chi connectivity index (χ0n) is 22.4. The van der Waals surface area contributed by atoms with E-state index in [1.807, 2.05) is 79.0 Å². The first-order chi connectivity index (χ1) is 19.6. The van der Waals surface area contributed by atoms with E-state index in [0.717, 1.165) is 60.4 Å². The van der Waals surface area contributed by atoms with Crippen LogP contribution in [0, 0.1) is 11.8 Å². The molecule has 6 rings (SSSR count). The van der Waals surface area contributed by atoms with Crippen LogP contribution >= 0.6 is 0 Å². The number of rotatable bonds is 5. The van der Waals surface area contributed by atoms with Gasteiger partial charge in [0.15, 0.2) is 5.76 Å². The molecule has 40 heavy (non-hydrogen) atoms. The number of benzene rings is 3. The molecule has 0 spiro atoms. The SMILES string of the molecule is CN1CCN(CCOc2cccc(C#Cc3ccc4/c(=N/O)cc(-c5cc6ccccc6cn5)oc4c3)c2)CC1. The molecule has 1 fully saturated rings. The first kappa shape index (κ1) is 25.6. The summed E-state index contributed by atoms with van der Waals surface area (Å²) in [6, 6.07) is 25.1. The zero-order valence-corrected chi connectivity index (χ0v) is 22.4. The van der Waals surface area contributed by atoms with Gasteiger partial charge in [0.1, 0.15) is 29.0 Å². The molecular weight excluding hydrogens is 500 g/mol. The molecule has 0 saturated carbocycles. The Morgan fingerprint density at radius 1 is 0.900 bits per heavy atom. The van der Waals surface area contributed by atoms with Crippen molar-refractivity contribution in [3.05, 3.63) is 102 Å². The number of hydrogen-bond donors (Lipinski definition) is 1. The molecule has 0 bridgehead atoms. The minimum Gasteiger partial charge on any atom is -0.492 e. The van der Waals surface area contributed by atoms with Crippen LogP contribution in [0.4, 0.5) is 0 Å². The number of fused-ring (bicyclic) bond motifs is 2. The normalized spacial score (nSPS) is 14.8. The van der Waals surface area contributed by atoms with Crippen LogP contribution in [-0.2, 0) is 0 Å². The lowest BCUT2D eigenvalue weighted by Crippen LogP contribution is -2.45. The van der Waals surface area contributed by atoms with Crippen LogP contribution in [0.3, 0.4) is 0 Å². The van der Waals surface area contributed by atoms with Gasteiger partial charge in [-0.25, -0.2) is 0 Å². The molecule has 0 atom stereocenters. The van der Waals surface area contributed by atoms with Gasteiger partial charge in [-0.1, -0.05) is 47.3 Å². The molecule has 3 aromatic carbocycles. The van der Waals surface area contributed by atoms with Crippen LogP contribution in [0.2, 0.25) is 0 Å². The van der Waals surface area contributed by atoms with E-state index < -0.39 is 0 Å². The summed E-state index contributed by atoms with van der Waals surface area (Å²) in [6.07, 6.45) is 1.81. The molecule has 0 radical (unpaired) electrons. The first-order valence-electron chi connectivity index (χ1n) is 13.4. The monoisotopic (exact) mass is 530 g/mol. The van der Waals surface area contributed by atoms with Crippen molar-refractivity contribution in [3.8, 4) is 29.0 Å². The highest BCUT2D eigenvalue weighted by atomic mass is 16.5. The number of piperazine rings is 1. The molecule has 0 amide bonds. The Balaban J connectivity index is 1.21. The van der Waals surface area contributed by atoms with Crippen molar-refractivity contribution in [3.63, 3.8) is 0 Å². The Labute approximate surface area is 232 Å². The van der Waals surface area contributed by atoms with Crippen LogP contribution in [-0.4, -0.2) is 66.4 Å². The van der Waals surface area contributed by atoms with Gasteiger partial charge in [0.2, 0.25) is 0 Å². The molecule has 7 heteroatoms. The molecular formula is C33H30N4O3. The maximum Gasteiger partial charge on any atom is 0.155 e. The predicted octanol–water partition coefficient (Wildman–Crippen LogP) is 4.96. The average molecular weight is 531 g/mol. The average Bonchev–Trinajstić information content (AvgIpc) is 3.00. The highest BCUT2D eigenvalue weighted by molar-refractivity contribution is 5.85. The van der Waals surface area contributed by atoms with Crippen molar-refractivity contribution < 1.29 is 14.4 Å². The highest BCUT2D eigenvalue weighted by Gasteiger charge is 2.13. The lowest BCUT2D eigenvalue weighted by Gasteiger charge is -2.32. The van der Waals surface area contributed by atoms with Gasteiger partial charge in [-0.3, -0.25) is 9.88 Å². The Kier molecular flexibility index (Phi) is 7.45. The minimum atomic E-state index is 0.409. The van der Waals surface area contributed by atoms with Gasteiger partial charge in [0, 0.05) is 66.9 Å². The Bertz CT molecular complexity index is 1790. The maximum atomic E-state index is 9.69. The third-order valence-corrected chi connectivity index (χ3v) is 7.19. The predicted molar refractivity (Wildman–Crippen MR) is 156 cm³/mol. The fourth-order valence-electron chi connectivity index (χ4n) is 4.85. The largest absolute Gasteiger partial charge is 0.492 e. The van der Waals surface area contributed by atoms with Gasteiger partial charge in [-0.15, -0.1) is 0 Å². The van der Waals surface area contributed by atoms with Crippen LogP contribution in [0.25, 0.3) is 33.2 Å². The van der Waals surface area contributed by atoms with Gasteiger partial charge in [-0.2, -0.15) is 0 Å². The third kappa shape index (κ3) is 5.84. The molecule has 1 aliphatic rings. The second-order valence-corrected chi connectivity index (χ2v) is 9.99. The van der Waals surface area contributed by atoms with E-state index in [1.54, 1.807) is 6.07 Å². The van der Waals surface area contributed by atoms with E-state index in [0.29, 0.717) is 34.4 Å². The maximum absolute atomic E-state index is 9.69. The van der Waals surface area contributed by atoms with Crippen molar-refractivity contribution in [2.45, 2.75) is 0 Å². The van der Waals surface area contributed by atoms with E-state index in [9.17, 15) is 5.21 Å². The fraction of sp³-hybridized carbons (Fsp3) is 0.212. The van der Waals surface area contributed by atoms with Crippen molar-refractivity contribution in [2.75, 3.05) is 46.4 Å². The van der Waals surface area contributed by atoms with E-state index in [4.69, 9.17) is 9.15 Å². The molecule has 7 nitrogen and oxygen atoms in total. The van der Waals surface area contributed by atoms with Crippen LogP contribution in [0.15, 0.2) is 94.6 Å². The summed E-state index contributed by atoms with van der Waals surface area (Å²) in [5, 5.41) is 16.4. The van der Waals surface area contributed by atoms with Gasteiger partial charge in [-0.05, 0) is 54.9 Å². The molecule has 0 aliphatic carbocycles. The Morgan fingerprint density at radius 2 is 1.70 bits per heavy atom. The number of nitrogens with zero attached hydrogens (tertiary/aromatic N) is 4. The molecule has 200 valence electrons. The summed E-state index contributed by atoms with van der Waals surface area (Å²) in [6.45, 7) is 5.94. The van der Waals surface area contributed by atoms with Crippen molar-refractivity contribution in [2.24, 2.45) is 5.16 Å². The molecule has 3 heterocycles. The summed E-state index contributed by atoms with van der Waals surface area (Å²) in [7, 11) is 2.16. The minimum absolute atomic E-state index is 0.409. The Morgan fingerprint density at radius 3 is 2.52 bits per heavy atom. The van der Waals surface area contributed by atoms with Gasteiger partial charge < -0.3 is 19.3 Å². The second kappa shape index (κ2) is 11.6. The molecule has 1 N–H and O–H groups in total. The zero-order chi connectivity index (χ0) is 27.3. The second-order valence-electron chi connectivity index (χ2n) is 9.99. The van der Waals surface area contributed by atoms with Gasteiger partial charge in [0.05, 0.1) is 0 Å². The quantitative estimate of drug-likeness (QED) is 0.197. The number of aromatic nitrogens is 1. The van der Waals surface area contributed by atoms with Crippen LogP contribution in [0.1, 0.15) is 11.1 Å². The summed E-state index contributed by atoms with van der Waals surface area (Å²) >= 11 is 0. The van der Waals surface area contributed by atoms with Crippen molar-refractivity contribution in [1.29, 1.82) is 0 Å². The number of likely N-dealkylation sites (N-methyl/N-ethyl adjacent to an activating group) is 1. The highest BCUT2D eigenvalue weighted by Crippen LogP contribution is 2.24. The molecule has 1 saturated heterocycles. The molecule has 0 unspecified atom stereocenters. The molecule has 1 aliphatic heterocycles.